The van der Waals surface area contributed by atoms with E-state index in [1.54, 1.807) is 0 Å². The van der Waals surface area contributed by atoms with Gasteiger partial charge in [0.15, 0.2) is 0 Å². The first kappa shape index (κ1) is 10.5. The van der Waals surface area contributed by atoms with Gasteiger partial charge in [0.25, 0.3) is 0 Å². The number of rotatable bonds is 2. The summed E-state index contributed by atoms with van der Waals surface area (Å²) < 4.78 is 0. The zero-order valence-corrected chi connectivity index (χ0v) is 9.63. The quantitative estimate of drug-likeness (QED) is 0.725. The van der Waals surface area contributed by atoms with Gasteiger partial charge in [-0.1, -0.05) is 30.3 Å². The van der Waals surface area contributed by atoms with Crippen LogP contribution in [0.15, 0.2) is 30.3 Å². The first-order valence-electron chi connectivity index (χ1n) is 6.13. The minimum Gasteiger partial charge on any atom is -0.335 e. The molecular formula is C14H15NO2. The maximum Gasteiger partial charge on any atom is 0.233 e. The average molecular weight is 229 g/mol. The number of carbonyl (C=O) groups excluding carboxylic acids is 2. The first-order chi connectivity index (χ1) is 8.25. The Morgan fingerprint density at radius 2 is 1.94 bits per heavy atom. The number of Topliss-reactive ketones (excluding diaryl/α,β-unsaturated/α-hetero) is 1. The van der Waals surface area contributed by atoms with Gasteiger partial charge in [0.2, 0.25) is 5.91 Å². The summed E-state index contributed by atoms with van der Waals surface area (Å²) in [6.45, 7) is 0.647. The van der Waals surface area contributed by atoms with E-state index in [-0.39, 0.29) is 23.7 Å². The van der Waals surface area contributed by atoms with Gasteiger partial charge in [-0.25, -0.2) is 0 Å². The molecule has 2 atom stereocenters. The summed E-state index contributed by atoms with van der Waals surface area (Å²) in [6, 6.07) is 10.3. The molecule has 0 spiro atoms. The van der Waals surface area contributed by atoms with E-state index in [9.17, 15) is 9.59 Å². The van der Waals surface area contributed by atoms with Gasteiger partial charge in [0, 0.05) is 19.0 Å². The second-order valence-corrected chi connectivity index (χ2v) is 4.90. The van der Waals surface area contributed by atoms with Crippen LogP contribution in [0.2, 0.25) is 0 Å². The maximum absolute atomic E-state index is 12.1. The SMILES string of the molecule is O=C1CC[C@@H]2C[C@H]1C(=O)N2Cc1ccccc1. The van der Waals surface area contributed by atoms with Crippen LogP contribution in [0.3, 0.4) is 0 Å². The molecule has 1 saturated heterocycles. The second-order valence-electron chi connectivity index (χ2n) is 4.90. The molecular weight excluding hydrogens is 214 g/mol. The smallest absolute Gasteiger partial charge is 0.233 e. The number of carbonyl (C=O) groups is 2. The summed E-state index contributed by atoms with van der Waals surface area (Å²) in [7, 11) is 0. The van der Waals surface area contributed by atoms with E-state index in [2.05, 4.69) is 0 Å². The lowest BCUT2D eigenvalue weighted by Gasteiger charge is -2.24. The molecule has 2 aliphatic rings. The van der Waals surface area contributed by atoms with Crippen LogP contribution < -0.4 is 0 Å². The van der Waals surface area contributed by atoms with Crippen LogP contribution in [0, 0.1) is 5.92 Å². The standard InChI is InChI=1S/C14H15NO2/c16-13-7-6-11-8-12(13)14(17)15(11)9-10-4-2-1-3-5-10/h1-5,11-12H,6-9H2/t11-,12-/m1/s1. The fraction of sp³-hybridized carbons (Fsp3) is 0.429. The molecule has 1 aromatic carbocycles. The highest BCUT2D eigenvalue weighted by Gasteiger charge is 2.46. The fourth-order valence-electron chi connectivity index (χ4n) is 2.89. The van der Waals surface area contributed by atoms with Crippen molar-refractivity contribution in [2.45, 2.75) is 31.8 Å². The Morgan fingerprint density at radius 1 is 1.18 bits per heavy atom. The molecule has 17 heavy (non-hydrogen) atoms. The molecule has 3 heteroatoms. The number of benzene rings is 1. The number of hydrogen-bond acceptors (Lipinski definition) is 2. The van der Waals surface area contributed by atoms with Crippen molar-refractivity contribution in [3.8, 4) is 0 Å². The zero-order chi connectivity index (χ0) is 11.8. The van der Waals surface area contributed by atoms with Crippen molar-refractivity contribution in [1.82, 2.24) is 4.90 Å². The van der Waals surface area contributed by atoms with Gasteiger partial charge in [-0.05, 0) is 18.4 Å². The van der Waals surface area contributed by atoms with E-state index in [1.165, 1.54) is 0 Å². The Hall–Kier alpha value is -1.64. The van der Waals surface area contributed by atoms with Crippen LogP contribution in [0.1, 0.15) is 24.8 Å². The van der Waals surface area contributed by atoms with Crippen LogP contribution in [0.5, 0.6) is 0 Å². The van der Waals surface area contributed by atoms with Crippen LogP contribution in [0.25, 0.3) is 0 Å². The topological polar surface area (TPSA) is 37.4 Å². The summed E-state index contributed by atoms with van der Waals surface area (Å²) in [4.78, 5) is 25.6. The molecule has 0 aromatic heterocycles. The number of likely N-dealkylation sites (tertiary alicyclic amines) is 1. The van der Waals surface area contributed by atoms with Crippen molar-refractivity contribution in [2.24, 2.45) is 5.92 Å². The molecule has 1 heterocycles. The third kappa shape index (κ3) is 1.75. The number of fused-ring (bicyclic) bond motifs is 2. The van der Waals surface area contributed by atoms with E-state index in [0.29, 0.717) is 13.0 Å². The van der Waals surface area contributed by atoms with Gasteiger partial charge in [-0.15, -0.1) is 0 Å². The number of amides is 1. The van der Waals surface area contributed by atoms with Gasteiger partial charge in [-0.2, -0.15) is 0 Å². The Morgan fingerprint density at radius 3 is 2.65 bits per heavy atom. The molecule has 0 N–H and O–H groups in total. The molecule has 3 rings (SSSR count). The molecule has 1 aliphatic heterocycles. The van der Waals surface area contributed by atoms with Gasteiger partial charge in [0.05, 0.1) is 5.92 Å². The predicted octanol–water partition coefficient (Wildman–Crippen LogP) is 1.77. The third-order valence-corrected chi connectivity index (χ3v) is 3.84. The van der Waals surface area contributed by atoms with Crippen molar-refractivity contribution in [3.05, 3.63) is 35.9 Å². The molecule has 88 valence electrons. The molecule has 0 radical (unpaired) electrons. The lowest BCUT2D eigenvalue weighted by atomic mass is 9.89. The van der Waals surface area contributed by atoms with E-state index < -0.39 is 0 Å². The molecule has 3 nitrogen and oxygen atoms in total. The summed E-state index contributed by atoms with van der Waals surface area (Å²) in [5.41, 5.74) is 1.14. The van der Waals surface area contributed by atoms with Crippen molar-refractivity contribution < 1.29 is 9.59 Å². The Balaban J connectivity index is 1.81. The van der Waals surface area contributed by atoms with Crippen molar-refractivity contribution in [3.63, 3.8) is 0 Å². The fourth-order valence-corrected chi connectivity index (χ4v) is 2.89. The number of nitrogens with zero attached hydrogens (tertiary/aromatic N) is 1. The van der Waals surface area contributed by atoms with E-state index in [4.69, 9.17) is 0 Å². The molecule has 1 aromatic rings. The normalized spacial score (nSPS) is 27.6. The minimum atomic E-state index is -0.336. The predicted molar refractivity (Wildman–Crippen MR) is 63.1 cm³/mol. The highest BCUT2D eigenvalue weighted by molar-refractivity contribution is 6.04. The van der Waals surface area contributed by atoms with Crippen LogP contribution >= 0.6 is 0 Å². The van der Waals surface area contributed by atoms with Crippen LogP contribution in [-0.2, 0) is 16.1 Å². The summed E-state index contributed by atoms with van der Waals surface area (Å²) in [5, 5.41) is 0. The summed E-state index contributed by atoms with van der Waals surface area (Å²) in [5.74, 6) is -0.152. The lowest BCUT2D eigenvalue weighted by Crippen LogP contribution is -2.32. The molecule has 2 fully saturated rings. The molecule has 1 saturated carbocycles. The Labute approximate surface area is 100 Å². The van der Waals surface area contributed by atoms with Gasteiger partial charge in [-0.3, -0.25) is 9.59 Å². The lowest BCUT2D eigenvalue weighted by molar-refractivity contribution is -0.136. The number of ketones is 1. The average Bonchev–Trinajstić information content (AvgIpc) is 2.61. The Bertz CT molecular complexity index is 455. The highest BCUT2D eigenvalue weighted by Crippen LogP contribution is 2.35. The van der Waals surface area contributed by atoms with Crippen molar-refractivity contribution >= 4 is 11.7 Å². The minimum absolute atomic E-state index is 0.0429. The molecule has 1 aliphatic carbocycles. The monoisotopic (exact) mass is 229 g/mol. The highest BCUT2D eigenvalue weighted by atomic mass is 16.2. The van der Waals surface area contributed by atoms with Crippen molar-refractivity contribution in [1.29, 1.82) is 0 Å². The first-order valence-corrected chi connectivity index (χ1v) is 6.13. The summed E-state index contributed by atoms with van der Waals surface area (Å²) in [6.07, 6.45) is 2.16. The third-order valence-electron chi connectivity index (χ3n) is 3.84. The van der Waals surface area contributed by atoms with Gasteiger partial charge in [0.1, 0.15) is 5.78 Å². The van der Waals surface area contributed by atoms with Gasteiger partial charge < -0.3 is 4.90 Å². The maximum atomic E-state index is 12.1. The molecule has 2 bridgehead atoms. The van der Waals surface area contributed by atoms with Crippen LogP contribution in [-0.4, -0.2) is 22.6 Å². The second kappa shape index (κ2) is 3.99. The number of hydrogen-bond donors (Lipinski definition) is 0. The summed E-state index contributed by atoms with van der Waals surface area (Å²) >= 11 is 0. The Kier molecular flexibility index (Phi) is 2.46. The van der Waals surface area contributed by atoms with Crippen molar-refractivity contribution in [2.75, 3.05) is 0 Å². The van der Waals surface area contributed by atoms with Gasteiger partial charge >= 0.3 is 0 Å². The largest absolute Gasteiger partial charge is 0.335 e. The van der Waals surface area contributed by atoms with E-state index in [0.717, 1.165) is 18.4 Å². The van der Waals surface area contributed by atoms with E-state index >= 15 is 0 Å². The van der Waals surface area contributed by atoms with E-state index in [1.807, 2.05) is 35.2 Å². The molecule has 0 unspecified atom stereocenters. The molecule has 1 amide bonds. The van der Waals surface area contributed by atoms with Crippen LogP contribution in [0.4, 0.5) is 0 Å². The zero-order valence-electron chi connectivity index (χ0n) is 9.63.